The lowest BCUT2D eigenvalue weighted by molar-refractivity contribution is -0.385. The van der Waals surface area contributed by atoms with Crippen LogP contribution in [0.3, 0.4) is 0 Å². The molecule has 0 aliphatic heterocycles. The number of nitrogens with zero attached hydrogens (tertiary/aromatic N) is 2. The van der Waals surface area contributed by atoms with Crippen LogP contribution in [0.1, 0.15) is 26.3 Å². The first-order valence-corrected chi connectivity index (χ1v) is 9.60. The van der Waals surface area contributed by atoms with Crippen molar-refractivity contribution in [3.05, 3.63) is 57.1 Å². The molecule has 0 spiro atoms. The number of hydrogen-bond donors (Lipinski definition) is 2. The summed E-state index contributed by atoms with van der Waals surface area (Å²) in [6, 6.07) is 8.19. The van der Waals surface area contributed by atoms with E-state index in [0.29, 0.717) is 0 Å². The van der Waals surface area contributed by atoms with E-state index in [0.717, 1.165) is 6.07 Å². The molecule has 0 heterocycles. The van der Waals surface area contributed by atoms with Crippen molar-refractivity contribution in [3.63, 3.8) is 0 Å². The summed E-state index contributed by atoms with van der Waals surface area (Å²) in [5.74, 6) is -0.577. The van der Waals surface area contributed by atoms with Crippen LogP contribution >= 0.6 is 11.6 Å². The van der Waals surface area contributed by atoms with Gasteiger partial charge in [0.2, 0.25) is 15.8 Å². The predicted molar refractivity (Wildman–Crippen MR) is 104 cm³/mol. The van der Waals surface area contributed by atoms with Gasteiger partial charge in [-0.15, -0.1) is 0 Å². The SMILES string of the molecule is CC(C)(C)NS(=O)(=O)c1cccc(N=Cc2cc(Cl)cc([N+](=O)[O-])c2O)c1. The molecule has 144 valence electrons. The molecule has 2 N–H and O–H groups in total. The molecular formula is C17H18ClN3O5S. The van der Waals surface area contributed by atoms with E-state index in [1.807, 2.05) is 0 Å². The van der Waals surface area contributed by atoms with E-state index in [-0.39, 0.29) is 21.2 Å². The highest BCUT2D eigenvalue weighted by atomic mass is 35.5. The summed E-state index contributed by atoms with van der Waals surface area (Å²) in [7, 11) is -3.74. The van der Waals surface area contributed by atoms with E-state index in [1.54, 1.807) is 26.8 Å². The van der Waals surface area contributed by atoms with Crippen LogP contribution in [-0.2, 0) is 10.0 Å². The zero-order chi connectivity index (χ0) is 20.4. The largest absolute Gasteiger partial charge is 0.502 e. The van der Waals surface area contributed by atoms with Gasteiger partial charge >= 0.3 is 5.69 Å². The predicted octanol–water partition coefficient (Wildman–Crippen LogP) is 3.78. The quantitative estimate of drug-likeness (QED) is 0.440. The zero-order valence-corrected chi connectivity index (χ0v) is 16.4. The molecule has 2 aromatic carbocycles. The number of nitro groups is 1. The minimum Gasteiger partial charge on any atom is -0.502 e. The van der Waals surface area contributed by atoms with Gasteiger partial charge in [-0.2, -0.15) is 0 Å². The summed E-state index contributed by atoms with van der Waals surface area (Å²) in [6.45, 7) is 5.17. The number of phenolic OH excluding ortho intramolecular Hbond substituents is 1. The average Bonchev–Trinajstić information content (AvgIpc) is 2.53. The van der Waals surface area contributed by atoms with Crippen LogP contribution in [0.5, 0.6) is 5.75 Å². The monoisotopic (exact) mass is 411 g/mol. The zero-order valence-electron chi connectivity index (χ0n) is 14.8. The summed E-state index contributed by atoms with van der Waals surface area (Å²) >= 11 is 5.83. The maximum absolute atomic E-state index is 12.4. The van der Waals surface area contributed by atoms with Gasteiger partial charge in [0.05, 0.1) is 15.5 Å². The molecule has 27 heavy (non-hydrogen) atoms. The number of phenols is 1. The molecule has 0 radical (unpaired) electrons. The number of sulfonamides is 1. The number of benzene rings is 2. The Hall–Kier alpha value is -2.49. The number of halogens is 1. The van der Waals surface area contributed by atoms with E-state index in [9.17, 15) is 23.6 Å². The molecule has 0 aliphatic rings. The molecular weight excluding hydrogens is 394 g/mol. The van der Waals surface area contributed by atoms with E-state index in [4.69, 9.17) is 11.6 Å². The first kappa shape index (κ1) is 20.8. The van der Waals surface area contributed by atoms with E-state index < -0.39 is 31.9 Å². The molecule has 8 nitrogen and oxygen atoms in total. The molecule has 0 aliphatic carbocycles. The maximum atomic E-state index is 12.4. The van der Waals surface area contributed by atoms with Crippen molar-refractivity contribution in [2.45, 2.75) is 31.2 Å². The average molecular weight is 412 g/mol. The Morgan fingerprint density at radius 2 is 1.93 bits per heavy atom. The van der Waals surface area contributed by atoms with Gasteiger partial charge < -0.3 is 5.11 Å². The second-order valence-electron chi connectivity index (χ2n) is 6.73. The summed E-state index contributed by atoms with van der Waals surface area (Å²) < 4.78 is 27.3. The molecule has 0 bridgehead atoms. The molecule has 0 atom stereocenters. The second-order valence-corrected chi connectivity index (χ2v) is 8.85. The second kappa shape index (κ2) is 7.63. The highest BCUT2D eigenvalue weighted by Gasteiger charge is 2.22. The molecule has 0 fully saturated rings. The smallest absolute Gasteiger partial charge is 0.312 e. The Balaban J connectivity index is 2.39. The third-order valence-electron chi connectivity index (χ3n) is 3.20. The van der Waals surface area contributed by atoms with Gasteiger partial charge in [-0.25, -0.2) is 13.1 Å². The third kappa shape index (κ3) is 5.49. The number of aromatic hydroxyl groups is 1. The normalized spacial score (nSPS) is 12.4. The van der Waals surface area contributed by atoms with Gasteiger partial charge in [-0.1, -0.05) is 17.7 Å². The summed E-state index contributed by atoms with van der Waals surface area (Å²) in [5.41, 5.74) is -0.873. The number of hydrogen-bond acceptors (Lipinski definition) is 6. The Morgan fingerprint density at radius 3 is 2.52 bits per heavy atom. The minimum atomic E-state index is -3.74. The number of rotatable bonds is 5. The lowest BCUT2D eigenvalue weighted by atomic mass is 10.1. The van der Waals surface area contributed by atoms with Crippen LogP contribution in [0.2, 0.25) is 5.02 Å². The summed E-state index contributed by atoms with van der Waals surface area (Å²) in [4.78, 5) is 14.3. The van der Waals surface area contributed by atoms with E-state index >= 15 is 0 Å². The van der Waals surface area contributed by atoms with Gasteiger partial charge in [0.1, 0.15) is 0 Å². The molecule has 0 amide bonds. The molecule has 2 rings (SSSR count). The fourth-order valence-corrected chi connectivity index (χ4v) is 3.86. The maximum Gasteiger partial charge on any atom is 0.312 e. The fourth-order valence-electron chi connectivity index (χ4n) is 2.18. The molecule has 0 saturated carbocycles. The van der Waals surface area contributed by atoms with Crippen LogP contribution in [0.15, 0.2) is 46.3 Å². The minimum absolute atomic E-state index is 0.0216. The number of aliphatic imine (C=N–C) groups is 1. The highest BCUT2D eigenvalue weighted by Crippen LogP contribution is 2.32. The first-order valence-electron chi connectivity index (χ1n) is 7.74. The number of nitro benzene ring substituents is 1. The molecule has 10 heteroatoms. The van der Waals surface area contributed by atoms with Gasteiger partial charge in [0.25, 0.3) is 0 Å². The van der Waals surface area contributed by atoms with Crippen LogP contribution in [0, 0.1) is 10.1 Å². The Kier molecular flexibility index (Phi) is 5.88. The lowest BCUT2D eigenvalue weighted by Crippen LogP contribution is -2.40. The molecule has 0 aromatic heterocycles. The lowest BCUT2D eigenvalue weighted by Gasteiger charge is -2.20. The highest BCUT2D eigenvalue weighted by molar-refractivity contribution is 7.89. The van der Waals surface area contributed by atoms with Crippen molar-refractivity contribution in [1.29, 1.82) is 0 Å². The van der Waals surface area contributed by atoms with Crippen molar-refractivity contribution in [2.24, 2.45) is 4.99 Å². The summed E-state index contributed by atoms with van der Waals surface area (Å²) in [5, 5.41) is 21.0. The van der Waals surface area contributed by atoms with Crippen LogP contribution in [0.4, 0.5) is 11.4 Å². The summed E-state index contributed by atoms with van der Waals surface area (Å²) in [6.07, 6.45) is 1.18. The van der Waals surface area contributed by atoms with Gasteiger partial charge in [-0.3, -0.25) is 15.1 Å². The van der Waals surface area contributed by atoms with Gasteiger partial charge in [0.15, 0.2) is 0 Å². The fraction of sp³-hybridized carbons (Fsp3) is 0.235. The Morgan fingerprint density at radius 1 is 1.26 bits per heavy atom. The van der Waals surface area contributed by atoms with Crippen LogP contribution < -0.4 is 4.72 Å². The van der Waals surface area contributed by atoms with Crippen molar-refractivity contribution in [2.75, 3.05) is 0 Å². The third-order valence-corrected chi connectivity index (χ3v) is 5.18. The Bertz CT molecular complexity index is 1010. The van der Waals surface area contributed by atoms with Gasteiger partial charge in [0, 0.05) is 28.4 Å². The van der Waals surface area contributed by atoms with Crippen LogP contribution in [-0.4, -0.2) is 30.2 Å². The van der Waals surface area contributed by atoms with Crippen molar-refractivity contribution in [3.8, 4) is 5.75 Å². The van der Waals surface area contributed by atoms with Crippen molar-refractivity contribution in [1.82, 2.24) is 4.72 Å². The Labute approximate surface area is 161 Å². The topological polar surface area (TPSA) is 122 Å². The molecule has 0 unspecified atom stereocenters. The van der Waals surface area contributed by atoms with Crippen LogP contribution in [0.25, 0.3) is 0 Å². The standard InChI is InChI=1S/C17H18ClN3O5S/c1-17(2,3)20-27(25,26)14-6-4-5-13(9-14)19-10-11-7-12(18)8-15(16(11)22)21(23)24/h4-10,20,22H,1-3H3. The van der Waals surface area contributed by atoms with E-state index in [1.165, 1.54) is 30.5 Å². The van der Waals surface area contributed by atoms with Crippen molar-refractivity contribution < 1.29 is 18.4 Å². The number of nitrogens with one attached hydrogen (secondary N) is 1. The van der Waals surface area contributed by atoms with E-state index in [2.05, 4.69) is 9.71 Å². The first-order chi connectivity index (χ1) is 12.4. The molecule has 0 saturated heterocycles. The molecule has 2 aromatic rings. The van der Waals surface area contributed by atoms with Gasteiger partial charge in [-0.05, 0) is 45.0 Å². The van der Waals surface area contributed by atoms with Crippen molar-refractivity contribution >= 4 is 39.2 Å².